The Labute approximate surface area is 65.5 Å². The fourth-order valence-electron chi connectivity index (χ4n) is 0.0223. The average molecular weight is 381 g/mol. The van der Waals surface area contributed by atoms with Crippen LogP contribution in [-0.4, -0.2) is 6.26 Å². The molecule has 0 saturated carbocycles. The molecular weight excluding hydrogens is 378 g/mol. The van der Waals surface area contributed by atoms with Gasteiger partial charge in [0, 0.05) is 0 Å². The quantitative estimate of drug-likeness (QED) is 0.654. The Balaban J connectivity index is 2.19. The van der Waals surface area contributed by atoms with Crippen LogP contribution in [-0.2, 0) is 9.00 Å². The third-order valence-electron chi connectivity index (χ3n) is 0.0812. The molecule has 0 aromatic heterocycles. The second-order valence-corrected chi connectivity index (χ2v) is 4.68. The summed E-state index contributed by atoms with van der Waals surface area (Å²) in [7, 11) is 1.73. The van der Waals surface area contributed by atoms with Crippen LogP contribution in [0.1, 0.15) is 0 Å². The molecule has 0 amide bonds. The van der Waals surface area contributed by atoms with Gasteiger partial charge in [-0.2, -0.15) is 0 Å². The average Bonchev–Trinajstić information content (AvgIpc) is 1.41. The zero-order chi connectivity index (χ0) is 4.12. The van der Waals surface area contributed by atoms with E-state index < -0.39 is 0 Å². The Kier molecular flexibility index (Phi) is 9.87. The van der Waals surface area contributed by atoms with E-state index >= 15 is 0 Å². The Bertz CT molecular complexity index is 19.1. The number of hydrogen-bond donors (Lipinski definition) is 0. The first-order valence-corrected chi connectivity index (χ1v) is 10.0. The van der Waals surface area contributed by atoms with Gasteiger partial charge in [-0.3, -0.25) is 0 Å². The van der Waals surface area contributed by atoms with Crippen molar-refractivity contribution in [2.75, 3.05) is 6.26 Å². The molecule has 1 nitrogen and oxygen atoms in total. The van der Waals surface area contributed by atoms with Crippen LogP contribution >= 0.6 is 12.0 Å². The van der Waals surface area contributed by atoms with Crippen LogP contribution < -0.4 is 0 Å². The Morgan fingerprint density at radius 2 is 2.60 bits per heavy atom. The summed E-state index contributed by atoms with van der Waals surface area (Å²) in [5.41, 5.74) is 0. The van der Waals surface area contributed by atoms with Crippen molar-refractivity contribution in [3.8, 4) is 0 Å². The van der Waals surface area contributed by atoms with E-state index in [1.807, 2.05) is 6.26 Å². The summed E-state index contributed by atoms with van der Waals surface area (Å²) in [6.07, 6.45) is 1.94. The fraction of sp³-hybridized carbons (Fsp3) is 1.00. The molecule has 0 aromatic rings. The molecule has 0 rings (SSSR count). The molecule has 0 fully saturated rings. The molecular formula is CH3OReSXe. The minimum atomic E-state index is 0.260. The third kappa shape index (κ3) is 6.54. The first-order chi connectivity index (χ1) is 2.41. The molecule has 4 heteroatoms. The predicted octanol–water partition coefficient (Wildman–Crippen LogP) is 0.743. The zero-order valence-electron chi connectivity index (χ0n) is 2.55. The van der Waals surface area contributed by atoms with E-state index in [9.17, 15) is 0 Å². The van der Waals surface area contributed by atoms with Crippen LogP contribution in [0.4, 0.5) is 0 Å². The summed E-state index contributed by atoms with van der Waals surface area (Å²) in [4.78, 5) is 0. The van der Waals surface area contributed by atoms with Crippen LogP contribution in [0.5, 0.6) is 0 Å². The first-order valence-electron chi connectivity index (χ1n) is 0.853. The SMILES string of the molecule is CSO[Xe][Re]. The van der Waals surface area contributed by atoms with Crippen molar-refractivity contribution >= 4 is 12.0 Å². The molecule has 0 radical (unpaired) electrons. The van der Waals surface area contributed by atoms with Gasteiger partial charge >= 0.3 is 67.4 Å². The van der Waals surface area contributed by atoms with E-state index in [0.717, 1.165) is 0 Å². The van der Waals surface area contributed by atoms with Crippen molar-refractivity contribution in [1.82, 2.24) is 0 Å². The van der Waals surface area contributed by atoms with Gasteiger partial charge in [0.15, 0.2) is 0 Å². The van der Waals surface area contributed by atoms with Gasteiger partial charge in [0.1, 0.15) is 0 Å². The molecule has 0 atom stereocenters. The van der Waals surface area contributed by atoms with Crippen LogP contribution in [0.3, 0.4) is 0 Å². The molecule has 0 heterocycles. The second kappa shape index (κ2) is 6.54. The van der Waals surface area contributed by atoms with Gasteiger partial charge < -0.3 is 0 Å². The van der Waals surface area contributed by atoms with Crippen molar-refractivity contribution in [3.05, 3.63) is 0 Å². The minimum absolute atomic E-state index is 0.260. The summed E-state index contributed by atoms with van der Waals surface area (Å²) in [5, 5.41) is 0. The van der Waals surface area contributed by atoms with Crippen molar-refractivity contribution < 1.29 is 49.1 Å². The molecule has 0 spiro atoms. The van der Waals surface area contributed by atoms with Gasteiger partial charge in [-0.15, -0.1) is 0 Å². The van der Waals surface area contributed by atoms with Crippen molar-refractivity contribution in [2.24, 2.45) is 0 Å². The van der Waals surface area contributed by atoms with Crippen LogP contribution in [0.25, 0.3) is 0 Å². The van der Waals surface area contributed by atoms with Gasteiger partial charge in [0.05, 0.1) is 0 Å². The summed E-state index contributed by atoms with van der Waals surface area (Å²) in [6, 6.07) is 0. The molecule has 0 aliphatic carbocycles. The molecule has 0 aromatic carbocycles. The summed E-state index contributed by atoms with van der Waals surface area (Å²) >= 11 is 1.72. The van der Waals surface area contributed by atoms with E-state index in [4.69, 9.17) is -0.497 Å². The normalized spacial score (nSPS) is 9.20. The zero-order valence-corrected chi connectivity index (χ0v) is 8.10. The molecule has 34 valence electrons. The van der Waals surface area contributed by atoms with E-state index in [2.05, 4.69) is 0 Å². The summed E-state index contributed by atoms with van der Waals surface area (Å²) in [6.45, 7) is 0. The van der Waals surface area contributed by atoms with Gasteiger partial charge in [0.2, 0.25) is 0 Å². The summed E-state index contributed by atoms with van der Waals surface area (Å²) < 4.78 is 4.86. The van der Waals surface area contributed by atoms with E-state index in [0.29, 0.717) is 0 Å². The first kappa shape index (κ1) is 7.54. The van der Waals surface area contributed by atoms with E-state index in [1.165, 1.54) is 12.0 Å². The number of rotatable bonds is 2. The second-order valence-electron chi connectivity index (χ2n) is 0.280. The van der Waals surface area contributed by atoms with Gasteiger partial charge in [-0.05, 0) is 0 Å². The third-order valence-corrected chi connectivity index (χ3v) is 4.85. The van der Waals surface area contributed by atoms with Crippen LogP contribution in [0.2, 0.25) is 0 Å². The molecule has 0 saturated heterocycles. The van der Waals surface area contributed by atoms with Gasteiger partial charge in [-0.1, -0.05) is 0 Å². The molecule has 0 aliphatic rings. The van der Waals surface area contributed by atoms with Gasteiger partial charge in [-0.25, -0.2) is 0 Å². The molecule has 0 aliphatic heterocycles. The maximum absolute atomic E-state index is 4.86. The Morgan fingerprint density at radius 1 is 2.00 bits per heavy atom. The molecule has 5 heavy (non-hydrogen) atoms. The molecule has 0 N–H and O–H groups in total. The Morgan fingerprint density at radius 3 is 2.60 bits per heavy atom. The predicted molar refractivity (Wildman–Crippen MR) is 14.6 cm³/mol. The maximum atomic E-state index is 4.86. The topological polar surface area (TPSA) is 9.23 Å². The molecule has 0 unspecified atom stereocenters. The van der Waals surface area contributed by atoms with Crippen LogP contribution in [0.15, 0.2) is 0 Å². The van der Waals surface area contributed by atoms with Crippen LogP contribution in [0, 0.1) is 40.1 Å². The van der Waals surface area contributed by atoms with E-state index in [-0.39, 0.29) is 40.1 Å². The Hall–Kier alpha value is 2.54. The molecule has 0 bridgehead atoms. The summed E-state index contributed by atoms with van der Waals surface area (Å²) in [5.74, 6) is 0. The van der Waals surface area contributed by atoms with Crippen molar-refractivity contribution in [3.63, 3.8) is 0 Å². The monoisotopic (exact) mass is 382 g/mol. The van der Waals surface area contributed by atoms with Crippen molar-refractivity contribution in [1.29, 1.82) is 0 Å². The standard InChI is InChI=1S/CH3OSXe.Re/c1-3-2-4;/h1H3;. The fourth-order valence-corrected chi connectivity index (χ4v) is 3.67. The van der Waals surface area contributed by atoms with E-state index in [1.54, 1.807) is 9.49 Å². The van der Waals surface area contributed by atoms with Crippen molar-refractivity contribution in [2.45, 2.75) is 0 Å². The number of hydrogen-bond acceptors (Lipinski definition) is 2. The van der Waals surface area contributed by atoms with Gasteiger partial charge in [0.25, 0.3) is 0 Å².